The standard InChI is InChI=1S/C8H11NO3.C6H13NO2/c1-5-8(12)7(4-11)6(3-10)2-9-5;1-4(2)3-5(7)6(8)9/h2,10-12H,3-4H2,1H3;4-5H,3,7H2,1-2H3,(H,8,9)/t;5-/m.0/s1. The molecule has 0 saturated carbocycles. The molecule has 0 aromatic carbocycles. The van der Waals surface area contributed by atoms with Crippen molar-refractivity contribution in [3.8, 4) is 5.75 Å². The molecule has 0 spiro atoms. The molecule has 7 heteroatoms. The van der Waals surface area contributed by atoms with Crippen LogP contribution in [0.3, 0.4) is 0 Å². The Balaban J connectivity index is 0.000000400. The highest BCUT2D eigenvalue weighted by molar-refractivity contribution is 5.72. The molecule has 0 radical (unpaired) electrons. The van der Waals surface area contributed by atoms with Gasteiger partial charge in [0.25, 0.3) is 0 Å². The van der Waals surface area contributed by atoms with Crippen LogP contribution < -0.4 is 5.73 Å². The normalized spacial score (nSPS) is 11.8. The Kier molecular flexibility index (Phi) is 8.52. The van der Waals surface area contributed by atoms with Gasteiger partial charge >= 0.3 is 5.97 Å². The lowest BCUT2D eigenvalue weighted by molar-refractivity contribution is -0.138. The molecule has 1 atom stereocenters. The first-order valence-corrected chi connectivity index (χ1v) is 6.60. The minimum atomic E-state index is -0.913. The molecule has 0 amide bonds. The summed E-state index contributed by atoms with van der Waals surface area (Å²) in [5.74, 6) is -0.594. The predicted molar refractivity (Wildman–Crippen MR) is 77.6 cm³/mol. The minimum absolute atomic E-state index is 0.0379. The molecule has 1 rings (SSSR count). The Labute approximate surface area is 124 Å². The van der Waals surface area contributed by atoms with E-state index >= 15 is 0 Å². The molecule has 0 aliphatic heterocycles. The number of aromatic nitrogens is 1. The molecule has 7 nitrogen and oxygen atoms in total. The van der Waals surface area contributed by atoms with Gasteiger partial charge in [-0.25, -0.2) is 0 Å². The largest absolute Gasteiger partial charge is 0.506 e. The molecule has 0 bridgehead atoms. The number of carboxylic acids is 1. The third-order valence-corrected chi connectivity index (χ3v) is 2.80. The SMILES string of the molecule is CC(C)C[C@H](N)C(=O)O.Cc1ncc(CO)c(CO)c1O. The zero-order chi connectivity index (χ0) is 16.6. The molecule has 0 aliphatic rings. The summed E-state index contributed by atoms with van der Waals surface area (Å²) >= 11 is 0. The Bertz CT molecular complexity index is 463. The highest BCUT2D eigenvalue weighted by Gasteiger charge is 2.12. The number of pyridine rings is 1. The van der Waals surface area contributed by atoms with Crippen molar-refractivity contribution in [1.29, 1.82) is 0 Å². The van der Waals surface area contributed by atoms with Crippen LogP contribution in [0.5, 0.6) is 5.75 Å². The van der Waals surface area contributed by atoms with Crippen LogP contribution in [-0.2, 0) is 18.0 Å². The maximum absolute atomic E-state index is 10.1. The van der Waals surface area contributed by atoms with Crippen LogP contribution in [-0.4, -0.2) is 37.4 Å². The van der Waals surface area contributed by atoms with Crippen molar-refractivity contribution in [2.24, 2.45) is 11.7 Å². The fraction of sp³-hybridized carbons (Fsp3) is 0.571. The molecular weight excluding hydrogens is 276 g/mol. The fourth-order valence-electron chi connectivity index (χ4n) is 1.61. The number of nitrogens with zero attached hydrogens (tertiary/aromatic N) is 1. The van der Waals surface area contributed by atoms with Crippen LogP contribution >= 0.6 is 0 Å². The zero-order valence-electron chi connectivity index (χ0n) is 12.6. The maximum atomic E-state index is 10.1. The molecule has 1 aromatic rings. The lowest BCUT2D eigenvalue weighted by atomic mass is 10.1. The second kappa shape index (κ2) is 9.28. The van der Waals surface area contributed by atoms with Gasteiger partial charge in [0.15, 0.2) is 0 Å². The first-order chi connectivity index (χ1) is 9.74. The molecule has 1 aromatic heterocycles. The predicted octanol–water partition coefficient (Wildman–Crippen LogP) is 0.525. The van der Waals surface area contributed by atoms with E-state index in [0.29, 0.717) is 29.2 Å². The Morgan fingerprint density at radius 3 is 2.24 bits per heavy atom. The number of carboxylic acid groups (broad SMARTS) is 1. The van der Waals surface area contributed by atoms with Crippen LogP contribution in [0.15, 0.2) is 6.20 Å². The number of aromatic hydroxyl groups is 1. The van der Waals surface area contributed by atoms with Gasteiger partial charge in [0.05, 0.1) is 18.9 Å². The highest BCUT2D eigenvalue weighted by Crippen LogP contribution is 2.23. The van der Waals surface area contributed by atoms with E-state index in [9.17, 15) is 9.90 Å². The average Bonchev–Trinajstić information content (AvgIpc) is 2.41. The Morgan fingerprint density at radius 2 is 1.90 bits per heavy atom. The van der Waals surface area contributed by atoms with Crippen LogP contribution in [0.4, 0.5) is 0 Å². The van der Waals surface area contributed by atoms with Crippen LogP contribution in [0.1, 0.15) is 37.1 Å². The second-order valence-corrected chi connectivity index (χ2v) is 5.09. The summed E-state index contributed by atoms with van der Waals surface area (Å²) in [5, 5.41) is 35.3. The Morgan fingerprint density at radius 1 is 1.33 bits per heavy atom. The molecular formula is C14H24N2O5. The number of aryl methyl sites for hydroxylation is 1. The van der Waals surface area contributed by atoms with Crippen molar-refractivity contribution in [2.75, 3.05) is 0 Å². The van der Waals surface area contributed by atoms with Gasteiger partial charge in [-0.1, -0.05) is 13.8 Å². The van der Waals surface area contributed by atoms with Gasteiger partial charge in [0.1, 0.15) is 11.8 Å². The Hall–Kier alpha value is -1.70. The minimum Gasteiger partial charge on any atom is -0.506 e. The summed E-state index contributed by atoms with van der Waals surface area (Å²) in [7, 11) is 0. The first-order valence-electron chi connectivity index (χ1n) is 6.60. The maximum Gasteiger partial charge on any atom is 0.320 e. The quantitative estimate of drug-likeness (QED) is 0.534. The van der Waals surface area contributed by atoms with Crippen molar-refractivity contribution in [1.82, 2.24) is 4.98 Å². The van der Waals surface area contributed by atoms with Crippen molar-refractivity contribution in [2.45, 2.75) is 46.4 Å². The monoisotopic (exact) mass is 300 g/mol. The summed E-state index contributed by atoms with van der Waals surface area (Å²) in [6.45, 7) is 5.02. The molecule has 1 heterocycles. The van der Waals surface area contributed by atoms with E-state index in [1.54, 1.807) is 6.92 Å². The van der Waals surface area contributed by atoms with Gasteiger partial charge in [-0.2, -0.15) is 0 Å². The lowest BCUT2D eigenvalue weighted by Crippen LogP contribution is -2.31. The van der Waals surface area contributed by atoms with Crippen LogP contribution in [0, 0.1) is 12.8 Å². The topological polar surface area (TPSA) is 137 Å². The average molecular weight is 300 g/mol. The van der Waals surface area contributed by atoms with Crippen molar-refractivity contribution in [3.63, 3.8) is 0 Å². The van der Waals surface area contributed by atoms with Gasteiger partial charge in [-0.05, 0) is 19.3 Å². The molecule has 0 saturated heterocycles. The molecule has 21 heavy (non-hydrogen) atoms. The number of aliphatic hydroxyl groups is 2. The van der Waals surface area contributed by atoms with Crippen LogP contribution in [0.2, 0.25) is 0 Å². The van der Waals surface area contributed by atoms with Crippen LogP contribution in [0.25, 0.3) is 0 Å². The number of rotatable bonds is 5. The second-order valence-electron chi connectivity index (χ2n) is 5.09. The molecule has 0 unspecified atom stereocenters. The molecule has 120 valence electrons. The van der Waals surface area contributed by atoms with Crippen molar-refractivity contribution < 1.29 is 25.2 Å². The highest BCUT2D eigenvalue weighted by atomic mass is 16.4. The summed E-state index contributed by atoms with van der Waals surface area (Å²) in [4.78, 5) is 13.9. The van der Waals surface area contributed by atoms with E-state index in [2.05, 4.69) is 4.98 Å². The van der Waals surface area contributed by atoms with E-state index in [1.807, 2.05) is 13.8 Å². The molecule has 0 fully saturated rings. The zero-order valence-corrected chi connectivity index (χ0v) is 12.6. The number of aliphatic hydroxyl groups excluding tert-OH is 2. The van der Waals surface area contributed by atoms with E-state index < -0.39 is 12.0 Å². The van der Waals surface area contributed by atoms with E-state index in [-0.39, 0.29) is 19.0 Å². The van der Waals surface area contributed by atoms with E-state index in [0.717, 1.165) is 0 Å². The number of carbonyl (C=O) groups is 1. The summed E-state index contributed by atoms with van der Waals surface area (Å²) < 4.78 is 0. The number of aliphatic carboxylic acids is 1. The van der Waals surface area contributed by atoms with Crippen molar-refractivity contribution >= 4 is 5.97 Å². The molecule has 6 N–H and O–H groups in total. The van der Waals surface area contributed by atoms with E-state index in [1.165, 1.54) is 6.20 Å². The lowest BCUT2D eigenvalue weighted by Gasteiger charge is -2.07. The van der Waals surface area contributed by atoms with E-state index in [4.69, 9.17) is 21.1 Å². The van der Waals surface area contributed by atoms with Gasteiger partial charge in [0, 0.05) is 17.3 Å². The third-order valence-electron chi connectivity index (χ3n) is 2.80. The number of nitrogens with two attached hydrogens (primary N) is 1. The number of hydrogen-bond donors (Lipinski definition) is 5. The summed E-state index contributed by atoms with van der Waals surface area (Å²) in [6.07, 6.45) is 2.00. The smallest absolute Gasteiger partial charge is 0.320 e. The number of hydrogen-bond acceptors (Lipinski definition) is 6. The van der Waals surface area contributed by atoms with Gasteiger partial charge < -0.3 is 26.2 Å². The first kappa shape index (κ1) is 19.3. The molecule has 0 aliphatic carbocycles. The summed E-state index contributed by atoms with van der Waals surface area (Å²) in [5.41, 5.74) is 6.48. The summed E-state index contributed by atoms with van der Waals surface area (Å²) in [6, 6.07) is -0.690. The van der Waals surface area contributed by atoms with Gasteiger partial charge in [0.2, 0.25) is 0 Å². The van der Waals surface area contributed by atoms with Gasteiger partial charge in [-0.3, -0.25) is 9.78 Å². The van der Waals surface area contributed by atoms with Gasteiger partial charge in [-0.15, -0.1) is 0 Å². The van der Waals surface area contributed by atoms with Crippen molar-refractivity contribution in [3.05, 3.63) is 23.0 Å². The fourth-order valence-corrected chi connectivity index (χ4v) is 1.61. The third kappa shape index (κ3) is 6.52.